The second-order valence-electron chi connectivity index (χ2n) is 4.50. The quantitative estimate of drug-likeness (QED) is 0.784. The number of aryl methyl sites for hydroxylation is 1. The van der Waals surface area contributed by atoms with Gasteiger partial charge in [0.1, 0.15) is 17.9 Å². The van der Waals surface area contributed by atoms with Crippen molar-refractivity contribution in [2.45, 2.75) is 19.6 Å². The number of pyridine rings is 1. The summed E-state index contributed by atoms with van der Waals surface area (Å²) in [6.07, 6.45) is 1.89. The highest BCUT2D eigenvalue weighted by Gasteiger charge is 2.13. The van der Waals surface area contributed by atoms with Gasteiger partial charge in [-0.2, -0.15) is 0 Å². The molecule has 0 saturated carbocycles. The smallest absolute Gasteiger partial charge is 0.221 e. The molecule has 2 heterocycles. The number of nitrogens with one attached hydrogen (secondary N) is 1. The summed E-state index contributed by atoms with van der Waals surface area (Å²) in [7, 11) is 1.60. The lowest BCUT2D eigenvalue weighted by atomic mass is 10.3. The monoisotopic (exact) mass is 311 g/mol. The number of carbonyl (C=O) groups excluding carboxylic acids is 1. The molecule has 0 atom stereocenters. The lowest BCUT2D eigenvalue weighted by molar-refractivity contribution is -0.121. The van der Waals surface area contributed by atoms with E-state index in [0.717, 1.165) is 0 Å². The van der Waals surface area contributed by atoms with Crippen LogP contribution in [0.25, 0.3) is 11.2 Å². The van der Waals surface area contributed by atoms with E-state index in [2.05, 4.69) is 15.3 Å². The number of halogens is 1. The predicted octanol–water partition coefficient (Wildman–Crippen LogP) is 0.696. The molecule has 0 aliphatic rings. The molecular weight excluding hydrogens is 294 g/mol. The van der Waals surface area contributed by atoms with E-state index in [9.17, 15) is 4.79 Å². The maximum atomic E-state index is 11.7. The van der Waals surface area contributed by atoms with Crippen LogP contribution in [0, 0.1) is 0 Å². The van der Waals surface area contributed by atoms with Crippen LogP contribution >= 0.6 is 11.6 Å². The highest BCUT2D eigenvalue weighted by atomic mass is 35.5. The molecule has 0 spiro atoms. The molecule has 0 saturated heterocycles. The van der Waals surface area contributed by atoms with Gasteiger partial charge in [-0.15, -0.1) is 0 Å². The lowest BCUT2D eigenvalue weighted by Crippen LogP contribution is -2.29. The van der Waals surface area contributed by atoms with Crippen LogP contribution in [-0.4, -0.2) is 40.6 Å². The third kappa shape index (κ3) is 3.90. The molecule has 0 unspecified atom stereocenters. The summed E-state index contributed by atoms with van der Waals surface area (Å²) in [6, 6.07) is 1.74. The van der Waals surface area contributed by atoms with Crippen LogP contribution < -0.4 is 11.1 Å². The Morgan fingerprint density at radius 1 is 1.57 bits per heavy atom. The van der Waals surface area contributed by atoms with Crippen LogP contribution in [0.15, 0.2) is 12.3 Å². The molecule has 0 fully saturated rings. The molecule has 8 heteroatoms. The van der Waals surface area contributed by atoms with E-state index >= 15 is 0 Å². The fourth-order valence-corrected chi connectivity index (χ4v) is 2.17. The number of rotatable bonds is 7. The van der Waals surface area contributed by atoms with Crippen LogP contribution in [0.2, 0.25) is 5.02 Å². The molecular formula is C13H18ClN5O2. The second-order valence-corrected chi connectivity index (χ2v) is 4.93. The number of hydrogen-bond donors (Lipinski definition) is 2. The van der Waals surface area contributed by atoms with E-state index in [1.54, 1.807) is 19.4 Å². The van der Waals surface area contributed by atoms with Gasteiger partial charge in [-0.3, -0.25) is 4.79 Å². The molecule has 0 aromatic carbocycles. The van der Waals surface area contributed by atoms with Crippen molar-refractivity contribution in [1.29, 1.82) is 0 Å². The van der Waals surface area contributed by atoms with Crippen molar-refractivity contribution in [2.75, 3.05) is 20.2 Å². The highest BCUT2D eigenvalue weighted by molar-refractivity contribution is 6.31. The number of ether oxygens (including phenoxy) is 1. The number of nitrogens with two attached hydrogens (primary N) is 1. The first-order valence-electron chi connectivity index (χ1n) is 6.62. The van der Waals surface area contributed by atoms with Gasteiger partial charge < -0.3 is 20.4 Å². The standard InChI is InChI=1S/C13H18ClN5O2/c1-21-8-11-18-10-6-9(14)7-17-13(10)19(11)5-2-12(20)16-4-3-15/h6-7H,2-5,8,15H2,1H3,(H,16,20). The van der Waals surface area contributed by atoms with Crippen molar-refractivity contribution in [2.24, 2.45) is 5.73 Å². The summed E-state index contributed by atoms with van der Waals surface area (Å²) < 4.78 is 7.01. The predicted molar refractivity (Wildman–Crippen MR) is 79.9 cm³/mol. The minimum absolute atomic E-state index is 0.0559. The van der Waals surface area contributed by atoms with E-state index < -0.39 is 0 Å². The Morgan fingerprint density at radius 3 is 3.10 bits per heavy atom. The van der Waals surface area contributed by atoms with Gasteiger partial charge >= 0.3 is 0 Å². The van der Waals surface area contributed by atoms with E-state index in [1.807, 2.05) is 4.57 Å². The average molecular weight is 312 g/mol. The number of imidazole rings is 1. The highest BCUT2D eigenvalue weighted by Crippen LogP contribution is 2.19. The van der Waals surface area contributed by atoms with E-state index in [4.69, 9.17) is 22.1 Å². The van der Waals surface area contributed by atoms with E-state index in [-0.39, 0.29) is 5.91 Å². The van der Waals surface area contributed by atoms with Gasteiger partial charge in [0.05, 0.1) is 5.02 Å². The minimum atomic E-state index is -0.0559. The van der Waals surface area contributed by atoms with Gasteiger partial charge in [0, 0.05) is 39.4 Å². The first-order valence-corrected chi connectivity index (χ1v) is 7.00. The van der Waals surface area contributed by atoms with Crippen LogP contribution in [0.3, 0.4) is 0 Å². The fourth-order valence-electron chi connectivity index (χ4n) is 2.02. The van der Waals surface area contributed by atoms with Crippen molar-refractivity contribution in [1.82, 2.24) is 19.9 Å². The van der Waals surface area contributed by atoms with Crippen LogP contribution in [0.5, 0.6) is 0 Å². The summed E-state index contributed by atoms with van der Waals surface area (Å²) >= 11 is 5.92. The molecule has 114 valence electrons. The molecule has 7 nitrogen and oxygen atoms in total. The van der Waals surface area contributed by atoms with Gasteiger partial charge in [0.25, 0.3) is 0 Å². The summed E-state index contributed by atoms with van der Waals surface area (Å²) in [6.45, 7) is 1.72. The van der Waals surface area contributed by atoms with Crippen molar-refractivity contribution in [3.8, 4) is 0 Å². The Balaban J connectivity index is 2.20. The Kier molecular flexibility index (Phi) is 5.49. The number of amides is 1. The number of carbonyl (C=O) groups is 1. The normalized spacial score (nSPS) is 11.0. The molecule has 0 radical (unpaired) electrons. The molecule has 0 aliphatic heterocycles. The fraction of sp³-hybridized carbons (Fsp3) is 0.462. The minimum Gasteiger partial charge on any atom is -0.377 e. The maximum absolute atomic E-state index is 11.7. The first-order chi connectivity index (χ1) is 10.2. The van der Waals surface area contributed by atoms with Crippen LogP contribution in [0.4, 0.5) is 0 Å². The Labute approximate surface area is 127 Å². The number of methoxy groups -OCH3 is 1. The Morgan fingerprint density at radius 2 is 2.38 bits per heavy atom. The summed E-state index contributed by atoms with van der Waals surface area (Å²) in [5, 5.41) is 3.26. The lowest BCUT2D eigenvalue weighted by Gasteiger charge is -2.08. The Hall–Kier alpha value is -1.70. The molecule has 1 amide bonds. The van der Waals surface area contributed by atoms with Crippen molar-refractivity contribution >= 4 is 28.7 Å². The number of hydrogen-bond acceptors (Lipinski definition) is 5. The van der Waals surface area contributed by atoms with Crippen molar-refractivity contribution in [3.63, 3.8) is 0 Å². The molecule has 0 aliphatic carbocycles. The zero-order valence-corrected chi connectivity index (χ0v) is 12.6. The molecule has 3 N–H and O–H groups in total. The molecule has 2 aromatic rings. The first kappa shape index (κ1) is 15.7. The van der Waals surface area contributed by atoms with Gasteiger partial charge in [-0.05, 0) is 6.07 Å². The van der Waals surface area contributed by atoms with Gasteiger partial charge in [-0.25, -0.2) is 9.97 Å². The van der Waals surface area contributed by atoms with Crippen LogP contribution in [0.1, 0.15) is 12.2 Å². The zero-order valence-electron chi connectivity index (χ0n) is 11.8. The van der Waals surface area contributed by atoms with Gasteiger partial charge in [-0.1, -0.05) is 11.6 Å². The second kappa shape index (κ2) is 7.35. The number of fused-ring (bicyclic) bond motifs is 1. The van der Waals surface area contributed by atoms with Gasteiger partial charge in [0.15, 0.2) is 5.65 Å². The molecule has 21 heavy (non-hydrogen) atoms. The van der Waals surface area contributed by atoms with Crippen molar-refractivity contribution in [3.05, 3.63) is 23.1 Å². The maximum Gasteiger partial charge on any atom is 0.221 e. The van der Waals surface area contributed by atoms with E-state index in [1.165, 1.54) is 0 Å². The third-order valence-corrected chi connectivity index (χ3v) is 3.14. The van der Waals surface area contributed by atoms with Crippen LogP contribution in [-0.2, 0) is 22.7 Å². The summed E-state index contributed by atoms with van der Waals surface area (Å²) in [4.78, 5) is 20.4. The molecule has 0 bridgehead atoms. The zero-order chi connectivity index (χ0) is 15.2. The summed E-state index contributed by atoms with van der Waals surface area (Å²) in [5.74, 6) is 0.661. The molecule has 2 aromatic heterocycles. The Bertz CT molecular complexity index is 628. The topological polar surface area (TPSA) is 95.1 Å². The molecule has 2 rings (SSSR count). The largest absolute Gasteiger partial charge is 0.377 e. The SMILES string of the molecule is COCc1nc2cc(Cl)cnc2n1CCC(=O)NCCN. The number of nitrogens with zero attached hydrogens (tertiary/aromatic N) is 3. The number of aromatic nitrogens is 3. The average Bonchev–Trinajstić information content (AvgIpc) is 2.79. The van der Waals surface area contributed by atoms with E-state index in [0.29, 0.717) is 54.7 Å². The van der Waals surface area contributed by atoms with Gasteiger partial charge in [0.2, 0.25) is 5.91 Å². The third-order valence-electron chi connectivity index (χ3n) is 2.93. The van der Waals surface area contributed by atoms with Crippen molar-refractivity contribution < 1.29 is 9.53 Å². The summed E-state index contributed by atoms with van der Waals surface area (Å²) in [5.41, 5.74) is 6.74.